The maximum Gasteiger partial charge on any atom is 0.223 e. The molecule has 4 heteroatoms. The molecule has 0 aromatic heterocycles. The van der Waals surface area contributed by atoms with Crippen molar-refractivity contribution in [3.8, 4) is 5.75 Å². The summed E-state index contributed by atoms with van der Waals surface area (Å²) < 4.78 is 5.38. The average Bonchev–Trinajstić information content (AvgIpc) is 2.41. The van der Waals surface area contributed by atoms with Crippen LogP contribution in [-0.2, 0) is 4.79 Å². The molecule has 2 unspecified atom stereocenters. The Kier molecular flexibility index (Phi) is 3.87. The van der Waals surface area contributed by atoms with Gasteiger partial charge < -0.3 is 15.4 Å². The molecule has 0 spiro atoms. The van der Waals surface area contributed by atoms with Gasteiger partial charge in [-0.2, -0.15) is 0 Å². The second kappa shape index (κ2) is 5.40. The lowest BCUT2D eigenvalue weighted by Gasteiger charge is -2.39. The topological polar surface area (TPSA) is 55.6 Å². The summed E-state index contributed by atoms with van der Waals surface area (Å²) in [5.41, 5.74) is 7.22. The van der Waals surface area contributed by atoms with Gasteiger partial charge in [-0.3, -0.25) is 4.79 Å². The molecule has 2 atom stereocenters. The summed E-state index contributed by atoms with van der Waals surface area (Å²) in [5.74, 6) is 0.973. The van der Waals surface area contributed by atoms with E-state index in [0.717, 1.165) is 17.7 Å². The molecule has 1 fully saturated rings. The number of likely N-dealkylation sites (tertiary alicyclic amines) is 1. The van der Waals surface area contributed by atoms with E-state index in [9.17, 15) is 4.79 Å². The van der Waals surface area contributed by atoms with E-state index in [1.54, 1.807) is 7.11 Å². The van der Waals surface area contributed by atoms with Crippen molar-refractivity contribution in [2.45, 2.75) is 31.8 Å². The van der Waals surface area contributed by atoms with E-state index in [1.807, 2.05) is 36.1 Å². The molecule has 1 heterocycles. The third-order valence-electron chi connectivity index (χ3n) is 3.55. The molecular formula is C14H20N2O2. The van der Waals surface area contributed by atoms with Crippen LogP contribution in [-0.4, -0.2) is 30.5 Å². The Hall–Kier alpha value is -1.55. The van der Waals surface area contributed by atoms with Gasteiger partial charge >= 0.3 is 0 Å². The standard InChI is InChI=1S/C14H20N2O2/c1-3-16-13(17)9-8-11(15)14(16)10-6-4-5-7-12(10)18-2/h4-7,11,14H,3,8-9,15H2,1-2H3. The Labute approximate surface area is 108 Å². The zero-order valence-corrected chi connectivity index (χ0v) is 10.9. The maximum absolute atomic E-state index is 12.0. The first-order chi connectivity index (χ1) is 8.69. The molecule has 0 radical (unpaired) electrons. The van der Waals surface area contributed by atoms with Gasteiger partial charge in [0.05, 0.1) is 13.2 Å². The Morgan fingerprint density at radius 3 is 2.83 bits per heavy atom. The van der Waals surface area contributed by atoms with Crippen LogP contribution in [0.4, 0.5) is 0 Å². The molecule has 1 aliphatic rings. The van der Waals surface area contributed by atoms with Gasteiger partial charge in [-0.05, 0) is 19.4 Å². The molecule has 1 aromatic rings. The number of nitrogens with zero attached hydrogens (tertiary/aromatic N) is 1. The van der Waals surface area contributed by atoms with E-state index in [0.29, 0.717) is 13.0 Å². The van der Waals surface area contributed by atoms with Crippen LogP contribution in [0, 0.1) is 0 Å². The van der Waals surface area contributed by atoms with Gasteiger partial charge in [0.25, 0.3) is 0 Å². The minimum atomic E-state index is -0.0765. The van der Waals surface area contributed by atoms with E-state index < -0.39 is 0 Å². The van der Waals surface area contributed by atoms with E-state index in [1.165, 1.54) is 0 Å². The molecule has 1 amide bonds. The Balaban J connectivity index is 2.41. The summed E-state index contributed by atoms with van der Waals surface area (Å²) in [6.45, 7) is 2.66. The number of carbonyl (C=O) groups is 1. The number of carbonyl (C=O) groups excluding carboxylic acids is 1. The summed E-state index contributed by atoms with van der Waals surface area (Å²) in [4.78, 5) is 13.8. The molecule has 0 saturated carbocycles. The monoisotopic (exact) mass is 248 g/mol. The van der Waals surface area contributed by atoms with Crippen molar-refractivity contribution < 1.29 is 9.53 Å². The number of amides is 1. The summed E-state index contributed by atoms with van der Waals surface area (Å²) in [7, 11) is 1.64. The van der Waals surface area contributed by atoms with Crippen LogP contribution in [0.5, 0.6) is 5.75 Å². The predicted octanol–water partition coefficient (Wildman–Crippen LogP) is 1.71. The number of ether oxygens (including phenoxy) is 1. The Morgan fingerprint density at radius 2 is 2.17 bits per heavy atom. The molecule has 98 valence electrons. The number of likely N-dealkylation sites (N-methyl/N-ethyl adjacent to an activating group) is 1. The predicted molar refractivity (Wildman–Crippen MR) is 70.3 cm³/mol. The van der Waals surface area contributed by atoms with E-state index in [-0.39, 0.29) is 18.0 Å². The first-order valence-electron chi connectivity index (χ1n) is 6.37. The lowest BCUT2D eigenvalue weighted by Crippen LogP contribution is -2.48. The summed E-state index contributed by atoms with van der Waals surface area (Å²) in [6.07, 6.45) is 1.28. The minimum Gasteiger partial charge on any atom is -0.496 e. The quantitative estimate of drug-likeness (QED) is 0.886. The number of hydrogen-bond donors (Lipinski definition) is 1. The SMILES string of the molecule is CCN1C(=O)CCC(N)C1c1ccccc1OC. The number of piperidine rings is 1. The molecule has 1 aliphatic heterocycles. The van der Waals surface area contributed by atoms with Gasteiger partial charge in [0, 0.05) is 24.6 Å². The van der Waals surface area contributed by atoms with Crippen LogP contribution in [0.3, 0.4) is 0 Å². The van der Waals surface area contributed by atoms with Crippen LogP contribution in [0.25, 0.3) is 0 Å². The minimum absolute atomic E-state index is 0.0288. The number of hydrogen-bond acceptors (Lipinski definition) is 3. The average molecular weight is 248 g/mol. The lowest BCUT2D eigenvalue weighted by atomic mass is 9.90. The highest BCUT2D eigenvalue weighted by atomic mass is 16.5. The number of benzene rings is 1. The number of methoxy groups -OCH3 is 1. The van der Waals surface area contributed by atoms with E-state index in [2.05, 4.69) is 0 Å². The highest BCUT2D eigenvalue weighted by Crippen LogP contribution is 2.35. The Bertz CT molecular complexity index is 434. The second-order valence-electron chi connectivity index (χ2n) is 4.57. The molecule has 0 bridgehead atoms. The first-order valence-corrected chi connectivity index (χ1v) is 6.37. The fourth-order valence-electron chi connectivity index (χ4n) is 2.66. The maximum atomic E-state index is 12.0. The van der Waals surface area contributed by atoms with E-state index >= 15 is 0 Å². The summed E-state index contributed by atoms with van der Waals surface area (Å²) in [5, 5.41) is 0. The molecule has 2 rings (SSSR count). The van der Waals surface area contributed by atoms with E-state index in [4.69, 9.17) is 10.5 Å². The molecule has 1 aromatic carbocycles. The second-order valence-corrected chi connectivity index (χ2v) is 4.57. The van der Waals surface area contributed by atoms with Crippen molar-refractivity contribution in [3.05, 3.63) is 29.8 Å². The molecule has 2 N–H and O–H groups in total. The van der Waals surface area contributed by atoms with Crippen LogP contribution in [0.15, 0.2) is 24.3 Å². The lowest BCUT2D eigenvalue weighted by molar-refractivity contribution is -0.137. The molecule has 4 nitrogen and oxygen atoms in total. The normalized spacial score (nSPS) is 24.2. The number of nitrogens with two attached hydrogens (primary N) is 1. The summed E-state index contributed by atoms with van der Waals surface area (Å²) >= 11 is 0. The zero-order chi connectivity index (χ0) is 13.1. The first kappa shape index (κ1) is 12.9. The van der Waals surface area contributed by atoms with Gasteiger partial charge in [-0.1, -0.05) is 18.2 Å². The van der Waals surface area contributed by atoms with Crippen LogP contribution < -0.4 is 10.5 Å². The van der Waals surface area contributed by atoms with Crippen LogP contribution >= 0.6 is 0 Å². The van der Waals surface area contributed by atoms with Crippen molar-refractivity contribution >= 4 is 5.91 Å². The zero-order valence-electron chi connectivity index (χ0n) is 10.9. The fourth-order valence-corrected chi connectivity index (χ4v) is 2.66. The van der Waals surface area contributed by atoms with Gasteiger partial charge in [-0.15, -0.1) is 0 Å². The number of para-hydroxylation sites is 1. The summed E-state index contributed by atoms with van der Waals surface area (Å²) in [6, 6.07) is 7.68. The smallest absolute Gasteiger partial charge is 0.223 e. The third-order valence-corrected chi connectivity index (χ3v) is 3.55. The van der Waals surface area contributed by atoms with Crippen molar-refractivity contribution in [2.75, 3.05) is 13.7 Å². The molecule has 1 saturated heterocycles. The number of rotatable bonds is 3. The van der Waals surface area contributed by atoms with Crippen LogP contribution in [0.2, 0.25) is 0 Å². The molecule has 18 heavy (non-hydrogen) atoms. The van der Waals surface area contributed by atoms with Crippen LogP contribution in [0.1, 0.15) is 31.4 Å². The highest BCUT2D eigenvalue weighted by molar-refractivity contribution is 5.78. The van der Waals surface area contributed by atoms with Gasteiger partial charge in [-0.25, -0.2) is 0 Å². The largest absolute Gasteiger partial charge is 0.496 e. The van der Waals surface area contributed by atoms with Crippen molar-refractivity contribution in [1.29, 1.82) is 0 Å². The third kappa shape index (κ3) is 2.20. The molecule has 0 aliphatic carbocycles. The van der Waals surface area contributed by atoms with Gasteiger partial charge in [0.1, 0.15) is 5.75 Å². The highest BCUT2D eigenvalue weighted by Gasteiger charge is 2.35. The molecular weight excluding hydrogens is 228 g/mol. The van der Waals surface area contributed by atoms with Gasteiger partial charge in [0.2, 0.25) is 5.91 Å². The fraction of sp³-hybridized carbons (Fsp3) is 0.500. The van der Waals surface area contributed by atoms with Crippen molar-refractivity contribution in [3.63, 3.8) is 0 Å². The Morgan fingerprint density at radius 1 is 1.44 bits per heavy atom. The van der Waals surface area contributed by atoms with Crippen molar-refractivity contribution in [2.24, 2.45) is 5.73 Å². The van der Waals surface area contributed by atoms with Crippen molar-refractivity contribution in [1.82, 2.24) is 4.90 Å². The van der Waals surface area contributed by atoms with Gasteiger partial charge in [0.15, 0.2) is 0 Å².